The van der Waals surface area contributed by atoms with Gasteiger partial charge >= 0.3 is 5.97 Å². The van der Waals surface area contributed by atoms with Crippen LogP contribution in [0.25, 0.3) is 22.2 Å². The van der Waals surface area contributed by atoms with Crippen LogP contribution in [0.5, 0.6) is 0 Å². The van der Waals surface area contributed by atoms with Crippen molar-refractivity contribution in [2.75, 3.05) is 55.4 Å². The second-order valence-corrected chi connectivity index (χ2v) is 15.3. The number of hydrogen-bond acceptors (Lipinski definition) is 6. The first kappa shape index (κ1) is 34.9. The molecule has 53 heavy (non-hydrogen) atoms. The quantitative estimate of drug-likeness (QED) is 0.112. The summed E-state index contributed by atoms with van der Waals surface area (Å²) in [5.74, 6) is -5.19. The first-order valence-electron chi connectivity index (χ1n) is 17.1. The number of benzene rings is 3. The number of alkyl halides is 1. The van der Waals surface area contributed by atoms with Gasteiger partial charge in [-0.15, -0.1) is 0 Å². The number of likely N-dealkylation sites (tertiary alicyclic amines) is 1. The van der Waals surface area contributed by atoms with Crippen LogP contribution >= 0.6 is 0 Å². The molecular weight excluding hydrogens is 713 g/mol. The summed E-state index contributed by atoms with van der Waals surface area (Å²) < 4.78 is 74.7. The molecule has 0 radical (unpaired) electrons. The molecule has 274 valence electrons. The summed E-state index contributed by atoms with van der Waals surface area (Å²) >= 11 is -1.98. The molecule has 15 heteroatoms. The number of carbonyl (C=O) groups is 2. The van der Waals surface area contributed by atoms with Crippen LogP contribution in [-0.2, 0) is 17.6 Å². The van der Waals surface area contributed by atoms with Crippen LogP contribution in [0.2, 0.25) is 0 Å². The molecule has 0 bridgehead atoms. The number of nitrogens with one attached hydrogen (secondary N) is 2. The molecular formula is C38H34F4N6O4S. The number of nitrogens with zero attached hydrogens (tertiary/aromatic N) is 4. The molecule has 0 saturated carbocycles. The molecule has 3 aliphatic rings. The van der Waals surface area contributed by atoms with Gasteiger partial charge in [-0.3, -0.25) is 9.52 Å². The summed E-state index contributed by atoms with van der Waals surface area (Å²) in [5, 5.41) is 9.45. The number of aromatic carboxylic acids is 1. The minimum atomic E-state index is -1.98. The van der Waals surface area contributed by atoms with E-state index in [0.29, 0.717) is 22.3 Å². The second kappa shape index (κ2) is 13.7. The third kappa shape index (κ3) is 6.68. The van der Waals surface area contributed by atoms with Gasteiger partial charge in [0.15, 0.2) is 17.0 Å². The van der Waals surface area contributed by atoms with Crippen molar-refractivity contribution >= 4 is 45.3 Å². The van der Waals surface area contributed by atoms with Crippen molar-refractivity contribution in [3.63, 3.8) is 0 Å². The topological polar surface area (TPSA) is 122 Å². The molecule has 0 amide bonds. The smallest absolute Gasteiger partial charge is 0.338 e. The summed E-state index contributed by atoms with van der Waals surface area (Å²) in [5.41, 5.74) is 2.46. The number of hydrogen-bond donors (Lipinski definition) is 3. The van der Waals surface area contributed by atoms with E-state index in [0.717, 1.165) is 62.4 Å². The number of carbonyl (C=O) groups excluding carboxylic acids is 1. The zero-order valence-corrected chi connectivity index (χ0v) is 29.1. The fraction of sp³-hybridized carbons (Fsp3) is 0.289. The van der Waals surface area contributed by atoms with Crippen molar-refractivity contribution < 1.29 is 36.5 Å². The number of pyridine rings is 1. The Morgan fingerprint density at radius 2 is 1.74 bits per heavy atom. The van der Waals surface area contributed by atoms with Gasteiger partial charge in [0.25, 0.3) is 0 Å². The van der Waals surface area contributed by atoms with Crippen LogP contribution in [0.4, 0.5) is 28.9 Å². The minimum Gasteiger partial charge on any atom is -0.478 e. The molecule has 5 aromatic rings. The lowest BCUT2D eigenvalue weighted by atomic mass is 9.72. The van der Waals surface area contributed by atoms with Crippen molar-refractivity contribution in [2.45, 2.75) is 19.0 Å². The number of fused-ring (bicyclic) bond motifs is 1. The van der Waals surface area contributed by atoms with Gasteiger partial charge in [0.05, 0.1) is 16.8 Å². The molecule has 3 aliphatic heterocycles. The lowest BCUT2D eigenvalue weighted by Gasteiger charge is -2.61. The average Bonchev–Trinajstić information content (AvgIpc) is 3.74. The molecule has 2 aromatic heterocycles. The van der Waals surface area contributed by atoms with Gasteiger partial charge in [-0.1, -0.05) is 24.3 Å². The van der Waals surface area contributed by atoms with Crippen LogP contribution in [0, 0.1) is 22.9 Å². The maximum absolute atomic E-state index is 15.6. The fourth-order valence-electron chi connectivity index (χ4n) is 7.55. The SMILES string of the molecule is O=C(O)c1ccc(N2CC3(CN(CCc4ccc(-c5cnc6[nH]cc(C(=O)c7c(F)ccc(NS(=O)N8CCC(F)C8)c7F)c6c5)cc4)C3)C2)cc1F. The Morgan fingerprint density at radius 1 is 0.962 bits per heavy atom. The Balaban J connectivity index is 0.893. The summed E-state index contributed by atoms with van der Waals surface area (Å²) in [6, 6.07) is 16.0. The number of H-pyrrole nitrogens is 1. The van der Waals surface area contributed by atoms with E-state index in [1.807, 2.05) is 24.3 Å². The molecule has 2 unspecified atom stereocenters. The largest absolute Gasteiger partial charge is 0.478 e. The summed E-state index contributed by atoms with van der Waals surface area (Å²) in [6.07, 6.45) is 2.90. The third-order valence-electron chi connectivity index (χ3n) is 10.3. The van der Waals surface area contributed by atoms with Crippen LogP contribution in [0.15, 0.2) is 73.1 Å². The lowest BCUT2D eigenvalue weighted by molar-refractivity contribution is -0.0206. The van der Waals surface area contributed by atoms with Crippen LogP contribution in [0.3, 0.4) is 0 Å². The zero-order valence-electron chi connectivity index (χ0n) is 28.3. The van der Waals surface area contributed by atoms with Gasteiger partial charge in [-0.05, 0) is 60.4 Å². The number of rotatable bonds is 11. The van der Waals surface area contributed by atoms with E-state index in [1.165, 1.54) is 22.6 Å². The normalized spacial score (nSPS) is 18.9. The standard InChI is InChI=1S/C38H34F4N6O4S/c39-25-10-12-48(17-25)53(52)45-32-8-7-30(40)33(34(32)42)35(49)29-16-44-36-28(29)13-24(15-43-36)23-3-1-22(2-4-23)9-11-46-18-38(19-46)20-47(21-38)26-5-6-27(37(50)51)31(41)14-26/h1-8,13-16,25,45H,9-12,17-21H2,(H,43,44)(H,50,51). The Morgan fingerprint density at radius 3 is 2.43 bits per heavy atom. The predicted molar refractivity (Wildman–Crippen MR) is 192 cm³/mol. The lowest BCUT2D eigenvalue weighted by Crippen LogP contribution is -2.72. The highest BCUT2D eigenvalue weighted by atomic mass is 32.2. The van der Waals surface area contributed by atoms with E-state index in [9.17, 15) is 27.0 Å². The number of carboxylic acids is 1. The van der Waals surface area contributed by atoms with Crippen molar-refractivity contribution in [3.05, 3.63) is 113 Å². The highest BCUT2D eigenvalue weighted by molar-refractivity contribution is 7.84. The Labute approximate surface area is 304 Å². The molecule has 3 fully saturated rings. The molecule has 0 aliphatic carbocycles. The van der Waals surface area contributed by atoms with E-state index in [1.54, 1.807) is 18.3 Å². The molecule has 1 spiro atoms. The molecule has 5 heterocycles. The summed E-state index contributed by atoms with van der Waals surface area (Å²) in [7, 11) is 0. The minimum absolute atomic E-state index is 0.0204. The monoisotopic (exact) mass is 746 g/mol. The summed E-state index contributed by atoms with van der Waals surface area (Å²) in [4.78, 5) is 36.5. The van der Waals surface area contributed by atoms with Crippen molar-refractivity contribution in [3.8, 4) is 11.1 Å². The van der Waals surface area contributed by atoms with E-state index >= 15 is 4.39 Å². The van der Waals surface area contributed by atoms with Gasteiger partial charge in [0.1, 0.15) is 23.5 Å². The summed E-state index contributed by atoms with van der Waals surface area (Å²) in [6.45, 7) is 4.49. The highest BCUT2D eigenvalue weighted by Crippen LogP contribution is 2.42. The third-order valence-corrected chi connectivity index (χ3v) is 11.5. The molecule has 3 saturated heterocycles. The number of aromatic amines is 1. The first-order valence-corrected chi connectivity index (χ1v) is 18.2. The Kier molecular flexibility index (Phi) is 9.03. The van der Waals surface area contributed by atoms with Gasteiger partial charge in [-0.2, -0.15) is 0 Å². The van der Waals surface area contributed by atoms with Crippen molar-refractivity contribution in [1.82, 2.24) is 19.2 Å². The first-order chi connectivity index (χ1) is 25.5. The fourth-order valence-corrected chi connectivity index (χ4v) is 8.60. The molecule has 3 N–H and O–H groups in total. The number of ketones is 1. The van der Waals surface area contributed by atoms with E-state index in [4.69, 9.17) is 5.11 Å². The highest BCUT2D eigenvalue weighted by Gasteiger charge is 2.51. The number of anilines is 2. The molecule has 2 atom stereocenters. The molecule has 3 aromatic carbocycles. The van der Waals surface area contributed by atoms with Crippen LogP contribution in [0.1, 0.15) is 38.3 Å². The Hall–Kier alpha value is -5.12. The Bertz CT molecular complexity index is 2270. The van der Waals surface area contributed by atoms with E-state index in [-0.39, 0.29) is 41.7 Å². The van der Waals surface area contributed by atoms with Gasteiger partial charge in [-0.25, -0.2) is 35.9 Å². The van der Waals surface area contributed by atoms with Gasteiger partial charge in [0.2, 0.25) is 5.78 Å². The van der Waals surface area contributed by atoms with Crippen molar-refractivity contribution in [1.29, 1.82) is 0 Å². The van der Waals surface area contributed by atoms with Crippen LogP contribution in [-0.4, -0.2) is 92.2 Å². The van der Waals surface area contributed by atoms with Gasteiger partial charge in [0, 0.05) is 85.8 Å². The maximum atomic E-state index is 15.6. The molecule has 10 nitrogen and oxygen atoms in total. The van der Waals surface area contributed by atoms with Gasteiger partial charge < -0.3 is 19.9 Å². The number of aromatic nitrogens is 2. The number of carboxylic acid groups (broad SMARTS) is 1. The predicted octanol–water partition coefficient (Wildman–Crippen LogP) is 5.98. The second-order valence-electron chi connectivity index (χ2n) is 14.0. The average molecular weight is 747 g/mol. The van der Waals surface area contributed by atoms with E-state index in [2.05, 4.69) is 24.5 Å². The van der Waals surface area contributed by atoms with Crippen molar-refractivity contribution in [2.24, 2.45) is 5.41 Å². The maximum Gasteiger partial charge on any atom is 0.338 e. The molecule has 8 rings (SSSR count). The zero-order chi connectivity index (χ0) is 37.0. The number of halogens is 4. The van der Waals surface area contributed by atoms with Crippen LogP contribution < -0.4 is 9.62 Å². The van der Waals surface area contributed by atoms with E-state index < -0.39 is 52.1 Å².